The number of H-pyrrole nitrogens is 1. The van der Waals surface area contributed by atoms with Gasteiger partial charge in [0.1, 0.15) is 5.65 Å². The number of fused-ring (bicyclic) bond motifs is 1. The fraction of sp³-hybridized carbons (Fsp3) is 0.429. The minimum Gasteiger partial charge on any atom is -0.346 e. The van der Waals surface area contributed by atoms with Crippen LogP contribution in [0.4, 0.5) is 11.6 Å². The summed E-state index contributed by atoms with van der Waals surface area (Å²) in [5.74, 6) is 1.69. The zero-order chi connectivity index (χ0) is 24.3. The molecule has 184 valence electrons. The summed E-state index contributed by atoms with van der Waals surface area (Å²) in [6.07, 6.45) is 13.5. The second-order valence-corrected chi connectivity index (χ2v) is 10.1. The van der Waals surface area contributed by atoms with Crippen LogP contribution in [0.2, 0.25) is 0 Å². The standard InChI is InChI=1S/C28H32N8/c29-13-9-25(21-3-1-2-4-21)36-18-22(17-32-36)26-24-12-16-31-27(24)35-28(34-26)33-23-7-5-19(6-8-23)20-10-14-30-15-11-20/h5-8,12,16-18,20-21,25,30H,1-4,9-11,14-15H2,(H2,31,33,34,35). The van der Waals surface area contributed by atoms with E-state index in [-0.39, 0.29) is 6.04 Å². The van der Waals surface area contributed by atoms with Gasteiger partial charge in [0.25, 0.3) is 0 Å². The van der Waals surface area contributed by atoms with Crippen molar-refractivity contribution in [2.45, 2.75) is 56.9 Å². The number of nitrogens with zero attached hydrogens (tertiary/aromatic N) is 5. The Hall–Kier alpha value is -3.70. The number of nitriles is 1. The van der Waals surface area contributed by atoms with Gasteiger partial charge < -0.3 is 15.6 Å². The fourth-order valence-electron chi connectivity index (χ4n) is 5.89. The molecular formula is C28H32N8. The van der Waals surface area contributed by atoms with Gasteiger partial charge in [-0.3, -0.25) is 4.68 Å². The second kappa shape index (κ2) is 10.1. The number of hydrogen-bond acceptors (Lipinski definition) is 6. The summed E-state index contributed by atoms with van der Waals surface area (Å²) in [6.45, 7) is 2.18. The van der Waals surface area contributed by atoms with Crippen LogP contribution in [0.5, 0.6) is 0 Å². The smallest absolute Gasteiger partial charge is 0.229 e. The quantitative estimate of drug-likeness (QED) is 0.314. The molecule has 6 rings (SSSR count). The maximum absolute atomic E-state index is 9.44. The first kappa shape index (κ1) is 22.7. The highest BCUT2D eigenvalue weighted by Crippen LogP contribution is 2.37. The number of nitrogens with one attached hydrogen (secondary N) is 3. The van der Waals surface area contributed by atoms with E-state index in [9.17, 15) is 5.26 Å². The molecule has 3 aromatic heterocycles. The Morgan fingerprint density at radius 3 is 2.64 bits per heavy atom. The Morgan fingerprint density at radius 2 is 1.86 bits per heavy atom. The third kappa shape index (κ3) is 4.59. The molecule has 1 atom stereocenters. The van der Waals surface area contributed by atoms with E-state index in [0.717, 1.165) is 41.1 Å². The summed E-state index contributed by atoms with van der Waals surface area (Å²) >= 11 is 0. The van der Waals surface area contributed by atoms with Gasteiger partial charge >= 0.3 is 0 Å². The third-order valence-corrected chi connectivity index (χ3v) is 7.85. The van der Waals surface area contributed by atoms with Gasteiger partial charge in [0.15, 0.2) is 0 Å². The normalized spacial score (nSPS) is 17.9. The van der Waals surface area contributed by atoms with Gasteiger partial charge in [-0.2, -0.15) is 15.3 Å². The van der Waals surface area contributed by atoms with E-state index in [1.165, 1.54) is 44.1 Å². The SMILES string of the molecule is N#CCC(C1CCCC1)n1cc(-c2nc(Nc3ccc(C4CCNCC4)cc3)nc3[nH]ccc23)cn1. The molecule has 1 aromatic carbocycles. The zero-order valence-electron chi connectivity index (χ0n) is 20.5. The molecule has 36 heavy (non-hydrogen) atoms. The van der Waals surface area contributed by atoms with Crippen molar-refractivity contribution in [3.63, 3.8) is 0 Å². The monoisotopic (exact) mass is 480 g/mol. The van der Waals surface area contributed by atoms with Gasteiger partial charge in [-0.25, -0.2) is 4.98 Å². The molecule has 0 amide bonds. The van der Waals surface area contributed by atoms with Crippen LogP contribution >= 0.6 is 0 Å². The molecule has 0 radical (unpaired) electrons. The first-order valence-corrected chi connectivity index (χ1v) is 13.1. The van der Waals surface area contributed by atoms with Gasteiger partial charge in [0.2, 0.25) is 5.95 Å². The summed E-state index contributed by atoms with van der Waals surface area (Å²) in [7, 11) is 0. The van der Waals surface area contributed by atoms with Crippen LogP contribution in [0.25, 0.3) is 22.3 Å². The Balaban J connectivity index is 1.27. The zero-order valence-corrected chi connectivity index (χ0v) is 20.5. The Labute approximate surface area is 211 Å². The van der Waals surface area contributed by atoms with E-state index < -0.39 is 0 Å². The molecule has 1 aliphatic heterocycles. The minimum atomic E-state index is 0.117. The van der Waals surface area contributed by atoms with Crippen LogP contribution in [-0.2, 0) is 0 Å². The molecule has 4 heterocycles. The average molecular weight is 481 g/mol. The molecule has 8 nitrogen and oxygen atoms in total. The van der Waals surface area contributed by atoms with Crippen molar-refractivity contribution in [1.29, 1.82) is 5.26 Å². The topological polar surface area (TPSA) is 107 Å². The lowest BCUT2D eigenvalue weighted by atomic mass is 9.90. The van der Waals surface area contributed by atoms with Crippen molar-refractivity contribution in [3.8, 4) is 17.3 Å². The van der Waals surface area contributed by atoms with Crippen LogP contribution in [-0.4, -0.2) is 37.8 Å². The van der Waals surface area contributed by atoms with Crippen molar-refractivity contribution in [2.24, 2.45) is 5.92 Å². The molecule has 2 aliphatic rings. The van der Waals surface area contributed by atoms with Crippen LogP contribution in [0, 0.1) is 17.2 Å². The second-order valence-electron chi connectivity index (χ2n) is 10.1. The molecule has 1 aliphatic carbocycles. The highest BCUT2D eigenvalue weighted by molar-refractivity contribution is 5.91. The van der Waals surface area contributed by atoms with E-state index in [1.807, 2.05) is 29.3 Å². The van der Waals surface area contributed by atoms with E-state index in [1.54, 1.807) is 0 Å². The summed E-state index contributed by atoms with van der Waals surface area (Å²) in [6, 6.07) is 13.2. The number of aromatic nitrogens is 5. The average Bonchev–Trinajstić information content (AvgIpc) is 3.70. The minimum absolute atomic E-state index is 0.117. The van der Waals surface area contributed by atoms with Gasteiger partial charge in [0, 0.05) is 29.0 Å². The predicted octanol–water partition coefficient (Wildman–Crippen LogP) is 5.68. The fourth-order valence-corrected chi connectivity index (χ4v) is 5.89. The number of piperidine rings is 1. The lowest BCUT2D eigenvalue weighted by Gasteiger charge is -2.23. The summed E-state index contributed by atoms with van der Waals surface area (Å²) in [5.41, 5.74) is 4.92. The van der Waals surface area contributed by atoms with Crippen LogP contribution in [0.3, 0.4) is 0 Å². The van der Waals surface area contributed by atoms with Gasteiger partial charge in [0.05, 0.1) is 30.4 Å². The summed E-state index contributed by atoms with van der Waals surface area (Å²) in [5, 5.41) is 21.9. The van der Waals surface area contributed by atoms with E-state index in [4.69, 9.17) is 9.97 Å². The van der Waals surface area contributed by atoms with Crippen LogP contribution in [0.15, 0.2) is 48.9 Å². The van der Waals surface area contributed by atoms with Gasteiger partial charge in [-0.05, 0) is 74.4 Å². The molecule has 0 spiro atoms. The molecular weight excluding hydrogens is 448 g/mol. The van der Waals surface area contributed by atoms with E-state index in [0.29, 0.717) is 24.2 Å². The number of aromatic amines is 1. The molecule has 0 bridgehead atoms. The van der Waals surface area contributed by atoms with Gasteiger partial charge in [-0.15, -0.1) is 0 Å². The number of hydrogen-bond donors (Lipinski definition) is 3. The van der Waals surface area contributed by atoms with Crippen molar-refractivity contribution >= 4 is 22.7 Å². The summed E-state index contributed by atoms with van der Waals surface area (Å²) in [4.78, 5) is 12.8. The number of anilines is 2. The molecule has 8 heteroatoms. The van der Waals surface area contributed by atoms with Crippen molar-refractivity contribution < 1.29 is 0 Å². The largest absolute Gasteiger partial charge is 0.346 e. The van der Waals surface area contributed by atoms with Crippen molar-refractivity contribution in [1.82, 2.24) is 30.0 Å². The van der Waals surface area contributed by atoms with Crippen LogP contribution < -0.4 is 10.6 Å². The van der Waals surface area contributed by atoms with E-state index in [2.05, 4.69) is 51.1 Å². The third-order valence-electron chi connectivity index (χ3n) is 7.85. The molecule has 1 saturated carbocycles. The number of rotatable bonds is 7. The Bertz CT molecular complexity index is 1350. The molecule has 2 fully saturated rings. The highest BCUT2D eigenvalue weighted by atomic mass is 15.3. The maximum atomic E-state index is 9.44. The number of benzene rings is 1. The predicted molar refractivity (Wildman–Crippen MR) is 141 cm³/mol. The first-order chi connectivity index (χ1) is 17.8. The van der Waals surface area contributed by atoms with Crippen molar-refractivity contribution in [2.75, 3.05) is 18.4 Å². The van der Waals surface area contributed by atoms with Crippen molar-refractivity contribution in [3.05, 3.63) is 54.5 Å². The maximum Gasteiger partial charge on any atom is 0.229 e. The molecule has 3 N–H and O–H groups in total. The van der Waals surface area contributed by atoms with E-state index >= 15 is 0 Å². The summed E-state index contributed by atoms with van der Waals surface area (Å²) < 4.78 is 1.99. The highest BCUT2D eigenvalue weighted by Gasteiger charge is 2.27. The molecule has 1 unspecified atom stereocenters. The molecule has 4 aromatic rings. The Morgan fingerprint density at radius 1 is 1.06 bits per heavy atom. The van der Waals surface area contributed by atoms with Gasteiger partial charge in [-0.1, -0.05) is 25.0 Å². The lowest BCUT2D eigenvalue weighted by Crippen LogP contribution is -2.26. The Kier molecular flexibility index (Phi) is 6.39. The first-order valence-electron chi connectivity index (χ1n) is 13.1. The van der Waals surface area contributed by atoms with Crippen LogP contribution in [0.1, 0.15) is 62.5 Å². The lowest BCUT2D eigenvalue weighted by molar-refractivity contribution is 0.315. The molecule has 1 saturated heterocycles.